The second kappa shape index (κ2) is 6.18. The minimum atomic E-state index is -0.362. The molecule has 0 radical (unpaired) electrons. The normalized spacial score (nSPS) is 10.5. The molecule has 0 atom stereocenters. The summed E-state index contributed by atoms with van der Waals surface area (Å²) < 4.78 is 6.33. The molecule has 0 spiro atoms. The van der Waals surface area contributed by atoms with Gasteiger partial charge in [-0.15, -0.1) is 0 Å². The van der Waals surface area contributed by atoms with Crippen LogP contribution in [0.15, 0.2) is 17.2 Å². The maximum absolute atomic E-state index is 12.0. The fourth-order valence-corrected chi connectivity index (χ4v) is 1.53. The number of nitrogens with zero attached hydrogens (tertiary/aromatic N) is 3. The van der Waals surface area contributed by atoms with Crippen molar-refractivity contribution in [1.82, 2.24) is 9.55 Å². The van der Waals surface area contributed by atoms with E-state index < -0.39 is 0 Å². The number of aromatic nitrogens is 2. The fourth-order valence-electron chi connectivity index (χ4n) is 1.53. The van der Waals surface area contributed by atoms with Crippen LogP contribution < -0.4 is 10.5 Å². The highest BCUT2D eigenvalue weighted by atomic mass is 16.5. The summed E-state index contributed by atoms with van der Waals surface area (Å²) in [4.78, 5) is 29.2. The first kappa shape index (κ1) is 14.2. The number of ether oxygens (including phenoxy) is 1. The van der Waals surface area contributed by atoms with Crippen LogP contribution in [0, 0.1) is 0 Å². The van der Waals surface area contributed by atoms with Crippen LogP contribution in [-0.4, -0.2) is 34.7 Å². The molecular weight excluding hydrogens is 234 g/mol. The lowest BCUT2D eigenvalue weighted by Gasteiger charge is -2.26. The molecule has 0 aliphatic carbocycles. The molecule has 0 bridgehead atoms. The van der Waals surface area contributed by atoms with Gasteiger partial charge < -0.3 is 14.2 Å². The molecule has 1 rings (SSSR count). The summed E-state index contributed by atoms with van der Waals surface area (Å²) in [5.74, 6) is -0.0954. The predicted molar refractivity (Wildman–Crippen MR) is 68.6 cm³/mol. The van der Waals surface area contributed by atoms with Gasteiger partial charge in [0, 0.05) is 25.5 Å². The van der Waals surface area contributed by atoms with Crippen molar-refractivity contribution < 1.29 is 9.53 Å². The molecular formula is C12H19N3O3. The second-order valence-electron chi connectivity index (χ2n) is 4.19. The van der Waals surface area contributed by atoms with Gasteiger partial charge in [-0.3, -0.25) is 9.59 Å². The van der Waals surface area contributed by atoms with Gasteiger partial charge in [0.25, 0.3) is 5.56 Å². The molecule has 100 valence electrons. The van der Waals surface area contributed by atoms with E-state index in [0.29, 0.717) is 6.61 Å². The Hall–Kier alpha value is -1.85. The molecule has 0 unspecified atom stereocenters. The largest absolute Gasteiger partial charge is 0.465 e. The van der Waals surface area contributed by atoms with Crippen LogP contribution in [0.1, 0.15) is 20.8 Å². The van der Waals surface area contributed by atoms with Crippen molar-refractivity contribution in [3.05, 3.63) is 22.7 Å². The molecule has 1 aromatic rings. The molecule has 0 N–H and O–H groups in total. The first-order valence-corrected chi connectivity index (χ1v) is 5.91. The molecule has 1 aromatic heterocycles. The van der Waals surface area contributed by atoms with Gasteiger partial charge in [-0.05, 0) is 20.8 Å². The quantitative estimate of drug-likeness (QED) is 0.717. The summed E-state index contributed by atoms with van der Waals surface area (Å²) in [5.41, 5.74) is -0.226. The Kier molecular flexibility index (Phi) is 4.88. The van der Waals surface area contributed by atoms with Gasteiger partial charge in [0.05, 0.1) is 6.61 Å². The van der Waals surface area contributed by atoms with E-state index in [1.54, 1.807) is 25.1 Å². The third-order valence-electron chi connectivity index (χ3n) is 2.50. The number of carbonyl (C=O) groups is 1. The van der Waals surface area contributed by atoms with Gasteiger partial charge in [-0.25, -0.2) is 4.98 Å². The zero-order valence-electron chi connectivity index (χ0n) is 11.2. The average Bonchev–Trinajstić information content (AvgIpc) is 2.30. The van der Waals surface area contributed by atoms with E-state index in [0.717, 1.165) is 0 Å². The van der Waals surface area contributed by atoms with Crippen molar-refractivity contribution in [3.8, 4) is 0 Å². The standard InChI is InChI=1S/C12H19N3O3/c1-5-18-10(16)8-15(9(2)3)11-12(17)14(4)7-6-13-11/h6-7,9H,5,8H2,1-4H3. The monoisotopic (exact) mass is 253 g/mol. The van der Waals surface area contributed by atoms with E-state index in [1.165, 1.54) is 10.8 Å². The summed E-state index contributed by atoms with van der Waals surface area (Å²) in [5, 5.41) is 0. The predicted octanol–water partition coefficient (Wildman–Crippen LogP) is 0.558. The molecule has 0 aliphatic heterocycles. The average molecular weight is 253 g/mol. The second-order valence-corrected chi connectivity index (χ2v) is 4.19. The lowest BCUT2D eigenvalue weighted by atomic mass is 10.3. The van der Waals surface area contributed by atoms with Gasteiger partial charge in [-0.1, -0.05) is 0 Å². The van der Waals surface area contributed by atoms with Crippen LogP contribution in [0.3, 0.4) is 0 Å². The minimum Gasteiger partial charge on any atom is -0.465 e. The molecule has 18 heavy (non-hydrogen) atoms. The first-order chi connectivity index (χ1) is 8.47. The molecule has 0 aromatic carbocycles. The Morgan fingerprint density at radius 1 is 1.56 bits per heavy atom. The highest BCUT2D eigenvalue weighted by Crippen LogP contribution is 2.08. The fraction of sp³-hybridized carbons (Fsp3) is 0.583. The maximum Gasteiger partial charge on any atom is 0.325 e. The van der Waals surface area contributed by atoms with Crippen molar-refractivity contribution in [2.75, 3.05) is 18.1 Å². The minimum absolute atomic E-state index is 0.0167. The van der Waals surface area contributed by atoms with E-state index in [9.17, 15) is 9.59 Å². The van der Waals surface area contributed by atoms with Gasteiger partial charge in [0.1, 0.15) is 6.54 Å². The SMILES string of the molecule is CCOC(=O)CN(c1nccn(C)c1=O)C(C)C. The van der Waals surface area contributed by atoms with Crippen LogP contribution in [0.4, 0.5) is 5.82 Å². The molecule has 0 saturated heterocycles. The number of aryl methyl sites for hydroxylation is 1. The Bertz CT molecular complexity index is 468. The van der Waals surface area contributed by atoms with Crippen molar-refractivity contribution >= 4 is 11.8 Å². The van der Waals surface area contributed by atoms with E-state index >= 15 is 0 Å². The van der Waals surface area contributed by atoms with Crippen LogP contribution in [0.2, 0.25) is 0 Å². The molecule has 0 amide bonds. The van der Waals surface area contributed by atoms with Gasteiger partial charge in [0.15, 0.2) is 5.82 Å². The molecule has 1 heterocycles. The molecule has 0 fully saturated rings. The summed E-state index contributed by atoms with van der Waals surface area (Å²) in [6.07, 6.45) is 3.12. The molecule has 0 saturated carbocycles. The number of esters is 1. The molecule has 0 aliphatic rings. The number of hydrogen-bond donors (Lipinski definition) is 0. The van der Waals surface area contributed by atoms with Gasteiger partial charge >= 0.3 is 5.97 Å². The van der Waals surface area contributed by atoms with Gasteiger partial charge in [-0.2, -0.15) is 0 Å². The van der Waals surface area contributed by atoms with E-state index in [4.69, 9.17) is 4.74 Å². The highest BCUT2D eigenvalue weighted by molar-refractivity contribution is 5.75. The number of carbonyl (C=O) groups excluding carboxylic acids is 1. The smallest absolute Gasteiger partial charge is 0.325 e. The summed E-state index contributed by atoms with van der Waals surface area (Å²) in [6.45, 7) is 5.89. The zero-order valence-corrected chi connectivity index (χ0v) is 11.2. The van der Waals surface area contributed by atoms with Crippen molar-refractivity contribution in [3.63, 3.8) is 0 Å². The number of rotatable bonds is 5. The topological polar surface area (TPSA) is 64.4 Å². The maximum atomic E-state index is 12.0. The Labute approximate surface area is 106 Å². The lowest BCUT2D eigenvalue weighted by Crippen LogP contribution is -2.41. The summed E-state index contributed by atoms with van der Waals surface area (Å²) >= 11 is 0. The summed E-state index contributed by atoms with van der Waals surface area (Å²) in [6, 6.07) is -0.0167. The number of hydrogen-bond acceptors (Lipinski definition) is 5. The zero-order chi connectivity index (χ0) is 13.7. The third-order valence-corrected chi connectivity index (χ3v) is 2.50. The van der Waals surface area contributed by atoms with Gasteiger partial charge in [0.2, 0.25) is 0 Å². The Morgan fingerprint density at radius 3 is 2.78 bits per heavy atom. The van der Waals surface area contributed by atoms with E-state index in [1.807, 2.05) is 13.8 Å². The van der Waals surface area contributed by atoms with E-state index in [2.05, 4.69) is 4.98 Å². The number of anilines is 1. The van der Waals surface area contributed by atoms with Crippen LogP contribution in [0.25, 0.3) is 0 Å². The summed E-state index contributed by atoms with van der Waals surface area (Å²) in [7, 11) is 1.65. The lowest BCUT2D eigenvalue weighted by molar-refractivity contribution is -0.141. The molecule has 6 heteroatoms. The third kappa shape index (κ3) is 3.32. The van der Waals surface area contributed by atoms with E-state index in [-0.39, 0.29) is 29.9 Å². The van der Waals surface area contributed by atoms with Crippen LogP contribution >= 0.6 is 0 Å². The van der Waals surface area contributed by atoms with Crippen LogP contribution in [0.5, 0.6) is 0 Å². The van der Waals surface area contributed by atoms with Crippen molar-refractivity contribution in [2.24, 2.45) is 7.05 Å². The first-order valence-electron chi connectivity index (χ1n) is 5.91. The highest BCUT2D eigenvalue weighted by Gasteiger charge is 2.19. The van der Waals surface area contributed by atoms with Crippen molar-refractivity contribution in [2.45, 2.75) is 26.8 Å². The Balaban J connectivity index is 3.02. The molecule has 6 nitrogen and oxygen atoms in total. The van der Waals surface area contributed by atoms with Crippen LogP contribution in [-0.2, 0) is 16.6 Å². The van der Waals surface area contributed by atoms with Crippen molar-refractivity contribution in [1.29, 1.82) is 0 Å². The Morgan fingerprint density at radius 2 is 2.22 bits per heavy atom.